The second kappa shape index (κ2) is 9.23. The minimum Gasteiger partial charge on any atom is -0.497 e. The van der Waals surface area contributed by atoms with E-state index in [9.17, 15) is 9.59 Å². The van der Waals surface area contributed by atoms with Crippen LogP contribution in [0.25, 0.3) is 0 Å². The minimum atomic E-state index is -0.420. The first-order chi connectivity index (χ1) is 15.4. The smallest absolute Gasteiger partial charge is 0.227 e. The van der Waals surface area contributed by atoms with Gasteiger partial charge in [0.2, 0.25) is 11.8 Å². The number of hydrogen-bond acceptors (Lipinski definition) is 4. The van der Waals surface area contributed by atoms with Crippen LogP contribution in [0.2, 0.25) is 0 Å². The molecule has 0 saturated heterocycles. The Morgan fingerprint density at radius 3 is 2.47 bits per heavy atom. The van der Waals surface area contributed by atoms with Crippen molar-refractivity contribution in [2.45, 2.75) is 57.2 Å². The number of fused-ring (bicyclic) bond motifs is 1. The standard InChI is InChI=1S/C26H32N2O4/c1-19(29)27(2)22-12-14-26(15-13-22)18-28(17-21-6-4-5-7-24(21)32-26)25(30)16-20-8-10-23(31-3)11-9-20/h4-11,22H,12-18H2,1-3H3. The van der Waals surface area contributed by atoms with Gasteiger partial charge in [-0.2, -0.15) is 0 Å². The molecule has 170 valence electrons. The fourth-order valence-electron chi connectivity index (χ4n) is 4.85. The molecule has 6 nitrogen and oxygen atoms in total. The first-order valence-corrected chi connectivity index (χ1v) is 11.3. The summed E-state index contributed by atoms with van der Waals surface area (Å²) in [6.07, 6.45) is 3.72. The zero-order valence-corrected chi connectivity index (χ0v) is 19.2. The average molecular weight is 437 g/mol. The van der Waals surface area contributed by atoms with Crippen LogP contribution in [0.3, 0.4) is 0 Å². The zero-order chi connectivity index (χ0) is 22.7. The van der Waals surface area contributed by atoms with E-state index >= 15 is 0 Å². The number of carbonyl (C=O) groups excluding carboxylic acids is 2. The molecule has 1 fully saturated rings. The Morgan fingerprint density at radius 1 is 1.12 bits per heavy atom. The number of hydrogen-bond donors (Lipinski definition) is 0. The van der Waals surface area contributed by atoms with Crippen molar-refractivity contribution in [2.24, 2.45) is 0 Å². The Bertz CT molecular complexity index is 964. The Balaban J connectivity index is 1.54. The minimum absolute atomic E-state index is 0.0920. The molecule has 0 aromatic heterocycles. The van der Waals surface area contributed by atoms with Crippen molar-refractivity contribution in [2.75, 3.05) is 20.7 Å². The van der Waals surface area contributed by atoms with Crippen molar-refractivity contribution in [3.8, 4) is 11.5 Å². The van der Waals surface area contributed by atoms with E-state index in [1.807, 2.05) is 65.4 Å². The number of benzene rings is 2. The monoisotopic (exact) mass is 436 g/mol. The Labute approximate surface area is 190 Å². The summed E-state index contributed by atoms with van der Waals surface area (Å²) in [4.78, 5) is 29.0. The van der Waals surface area contributed by atoms with Gasteiger partial charge in [-0.1, -0.05) is 30.3 Å². The van der Waals surface area contributed by atoms with Gasteiger partial charge >= 0.3 is 0 Å². The fourth-order valence-corrected chi connectivity index (χ4v) is 4.85. The van der Waals surface area contributed by atoms with Crippen molar-refractivity contribution in [1.29, 1.82) is 0 Å². The fraction of sp³-hybridized carbons (Fsp3) is 0.462. The molecule has 0 bridgehead atoms. The van der Waals surface area contributed by atoms with E-state index in [1.165, 1.54) is 0 Å². The molecular weight excluding hydrogens is 404 g/mol. The highest BCUT2D eigenvalue weighted by Crippen LogP contribution is 2.39. The summed E-state index contributed by atoms with van der Waals surface area (Å²) in [5.74, 6) is 1.84. The Kier molecular flexibility index (Phi) is 6.40. The quantitative estimate of drug-likeness (QED) is 0.731. The third-order valence-electron chi connectivity index (χ3n) is 6.92. The van der Waals surface area contributed by atoms with Crippen LogP contribution in [0, 0.1) is 0 Å². The number of carbonyl (C=O) groups is 2. The Hall–Kier alpha value is -3.02. The average Bonchev–Trinajstić information content (AvgIpc) is 2.96. The highest BCUT2D eigenvalue weighted by Gasteiger charge is 2.43. The first-order valence-electron chi connectivity index (χ1n) is 11.3. The first kappa shape index (κ1) is 22.2. The van der Waals surface area contributed by atoms with Gasteiger partial charge in [0, 0.05) is 32.1 Å². The topological polar surface area (TPSA) is 59.1 Å². The van der Waals surface area contributed by atoms with Gasteiger partial charge in [0.25, 0.3) is 0 Å². The third-order valence-corrected chi connectivity index (χ3v) is 6.92. The molecule has 0 unspecified atom stereocenters. The van der Waals surface area contributed by atoms with E-state index in [2.05, 4.69) is 0 Å². The molecule has 1 aliphatic heterocycles. The zero-order valence-electron chi connectivity index (χ0n) is 19.2. The highest BCUT2D eigenvalue weighted by atomic mass is 16.5. The van der Waals surface area contributed by atoms with Gasteiger partial charge in [0.05, 0.1) is 20.1 Å². The van der Waals surface area contributed by atoms with Gasteiger partial charge in [-0.05, 0) is 49.4 Å². The van der Waals surface area contributed by atoms with E-state index in [0.717, 1.165) is 48.3 Å². The van der Waals surface area contributed by atoms with Crippen LogP contribution in [0.5, 0.6) is 11.5 Å². The molecule has 1 aliphatic carbocycles. The van der Waals surface area contributed by atoms with Crippen molar-refractivity contribution in [3.63, 3.8) is 0 Å². The summed E-state index contributed by atoms with van der Waals surface area (Å²) in [6, 6.07) is 15.9. The van der Waals surface area contributed by atoms with Gasteiger partial charge in [0.1, 0.15) is 17.1 Å². The maximum atomic E-state index is 13.4. The highest BCUT2D eigenvalue weighted by molar-refractivity contribution is 5.79. The SMILES string of the molecule is COc1ccc(CC(=O)N2Cc3ccccc3OC3(CCC(N(C)C(C)=O)CC3)C2)cc1. The van der Waals surface area contributed by atoms with Crippen LogP contribution >= 0.6 is 0 Å². The molecule has 2 aliphatic rings. The third kappa shape index (κ3) is 4.74. The number of nitrogens with zero attached hydrogens (tertiary/aromatic N) is 2. The van der Waals surface area contributed by atoms with Gasteiger partial charge in [-0.15, -0.1) is 0 Å². The van der Waals surface area contributed by atoms with Crippen LogP contribution in [0.1, 0.15) is 43.7 Å². The van der Waals surface area contributed by atoms with Crippen LogP contribution < -0.4 is 9.47 Å². The summed E-state index contributed by atoms with van der Waals surface area (Å²) in [6.45, 7) is 2.72. The van der Waals surface area contributed by atoms with Crippen molar-refractivity contribution >= 4 is 11.8 Å². The van der Waals surface area contributed by atoms with Crippen LogP contribution in [-0.4, -0.2) is 54.0 Å². The molecular formula is C26H32N2O4. The summed E-state index contributed by atoms with van der Waals surface area (Å²) < 4.78 is 11.8. The number of ether oxygens (including phenoxy) is 2. The van der Waals surface area contributed by atoms with E-state index in [4.69, 9.17) is 9.47 Å². The second-order valence-electron chi connectivity index (χ2n) is 9.03. The molecule has 1 saturated carbocycles. The van der Waals surface area contributed by atoms with Crippen molar-refractivity contribution in [1.82, 2.24) is 9.80 Å². The summed E-state index contributed by atoms with van der Waals surface area (Å²) >= 11 is 0. The van der Waals surface area contributed by atoms with E-state index in [0.29, 0.717) is 19.5 Å². The number of methoxy groups -OCH3 is 1. The van der Waals surface area contributed by atoms with Gasteiger partial charge in [-0.25, -0.2) is 0 Å². The molecule has 2 aromatic rings. The molecule has 0 N–H and O–H groups in total. The molecule has 32 heavy (non-hydrogen) atoms. The lowest BCUT2D eigenvalue weighted by Gasteiger charge is -2.43. The molecule has 2 amide bonds. The Morgan fingerprint density at radius 2 is 1.81 bits per heavy atom. The summed E-state index contributed by atoms with van der Waals surface area (Å²) in [7, 11) is 3.51. The van der Waals surface area contributed by atoms with Crippen molar-refractivity contribution in [3.05, 3.63) is 59.7 Å². The molecule has 0 atom stereocenters. The van der Waals surface area contributed by atoms with E-state index < -0.39 is 5.60 Å². The van der Waals surface area contributed by atoms with Gasteiger partial charge < -0.3 is 19.3 Å². The van der Waals surface area contributed by atoms with E-state index in [1.54, 1.807) is 14.0 Å². The lowest BCUT2D eigenvalue weighted by molar-refractivity contribution is -0.135. The maximum Gasteiger partial charge on any atom is 0.227 e. The number of rotatable bonds is 4. The number of amides is 2. The largest absolute Gasteiger partial charge is 0.497 e. The molecule has 1 spiro atoms. The summed E-state index contributed by atoms with van der Waals surface area (Å²) in [5, 5.41) is 0. The van der Waals surface area contributed by atoms with Gasteiger partial charge in [0.15, 0.2) is 0 Å². The lowest BCUT2D eigenvalue weighted by Crippen LogP contribution is -2.52. The van der Waals surface area contributed by atoms with Gasteiger partial charge in [-0.3, -0.25) is 9.59 Å². The number of para-hydroxylation sites is 1. The molecule has 1 heterocycles. The summed E-state index contributed by atoms with van der Waals surface area (Å²) in [5.41, 5.74) is 1.58. The molecule has 0 radical (unpaired) electrons. The molecule has 4 rings (SSSR count). The maximum absolute atomic E-state index is 13.4. The van der Waals surface area contributed by atoms with Crippen molar-refractivity contribution < 1.29 is 19.1 Å². The predicted octanol–water partition coefficient (Wildman–Crippen LogP) is 3.82. The van der Waals surface area contributed by atoms with Crippen LogP contribution in [-0.2, 0) is 22.6 Å². The second-order valence-corrected chi connectivity index (χ2v) is 9.03. The lowest BCUT2D eigenvalue weighted by atomic mass is 9.81. The van der Waals surface area contributed by atoms with Crippen LogP contribution in [0.15, 0.2) is 48.5 Å². The molecule has 6 heteroatoms. The predicted molar refractivity (Wildman–Crippen MR) is 123 cm³/mol. The molecule has 2 aromatic carbocycles. The van der Waals surface area contributed by atoms with Crippen LogP contribution in [0.4, 0.5) is 0 Å². The van der Waals surface area contributed by atoms with E-state index in [-0.39, 0.29) is 17.9 Å². The normalized spacial score (nSPS) is 22.5.